The minimum absolute atomic E-state index is 0.118. The Morgan fingerprint density at radius 1 is 1.46 bits per heavy atom. The van der Waals surface area contributed by atoms with E-state index in [9.17, 15) is 4.79 Å². The van der Waals surface area contributed by atoms with Crippen molar-refractivity contribution in [3.8, 4) is 0 Å². The van der Waals surface area contributed by atoms with Crippen LogP contribution in [-0.2, 0) is 9.53 Å². The highest BCUT2D eigenvalue weighted by Crippen LogP contribution is 2.16. The molecule has 0 radical (unpaired) electrons. The van der Waals surface area contributed by atoms with Crippen LogP contribution in [0.1, 0.15) is 39.0 Å². The maximum absolute atomic E-state index is 11.5. The maximum atomic E-state index is 11.5. The van der Waals surface area contributed by atoms with Gasteiger partial charge in [-0.1, -0.05) is 5.57 Å². The lowest BCUT2D eigenvalue weighted by molar-refractivity contribution is -0.133. The number of carbonyl (C=O) groups is 1. The van der Waals surface area contributed by atoms with E-state index in [2.05, 4.69) is 6.58 Å². The molecular formula is C11H18O2. The van der Waals surface area contributed by atoms with Crippen LogP contribution in [0.5, 0.6) is 0 Å². The van der Waals surface area contributed by atoms with Gasteiger partial charge in [-0.3, -0.25) is 4.79 Å². The van der Waals surface area contributed by atoms with E-state index in [4.69, 9.17) is 4.74 Å². The Morgan fingerprint density at radius 2 is 2.23 bits per heavy atom. The summed E-state index contributed by atoms with van der Waals surface area (Å²) in [6.07, 6.45) is 4.43. The Balaban J connectivity index is 2.25. The first-order valence-corrected chi connectivity index (χ1v) is 4.99. The lowest BCUT2D eigenvalue weighted by Gasteiger charge is -2.21. The van der Waals surface area contributed by atoms with E-state index in [-0.39, 0.29) is 11.9 Å². The highest BCUT2D eigenvalue weighted by Gasteiger charge is 2.20. The van der Waals surface area contributed by atoms with E-state index in [1.165, 1.54) is 0 Å². The van der Waals surface area contributed by atoms with E-state index in [1.54, 1.807) is 0 Å². The molecule has 2 heteroatoms. The van der Waals surface area contributed by atoms with Crippen LogP contribution in [-0.4, -0.2) is 18.5 Å². The average Bonchev–Trinajstić information content (AvgIpc) is 2.15. The van der Waals surface area contributed by atoms with Crippen molar-refractivity contribution in [3.63, 3.8) is 0 Å². The topological polar surface area (TPSA) is 26.3 Å². The van der Waals surface area contributed by atoms with Gasteiger partial charge in [-0.25, -0.2) is 0 Å². The van der Waals surface area contributed by atoms with Gasteiger partial charge in [0.1, 0.15) is 6.10 Å². The standard InChI is InChI=1S/C11H18O2/c1-9(2)6-7-10(12)11-5-3-4-8-13-11/h11H,1,3-8H2,2H3. The predicted octanol–water partition coefficient (Wildman–Crippen LogP) is 2.48. The summed E-state index contributed by atoms with van der Waals surface area (Å²) < 4.78 is 5.39. The average molecular weight is 182 g/mol. The van der Waals surface area contributed by atoms with Crippen molar-refractivity contribution in [2.45, 2.75) is 45.1 Å². The van der Waals surface area contributed by atoms with Gasteiger partial charge in [0, 0.05) is 13.0 Å². The minimum Gasteiger partial charge on any atom is -0.370 e. The molecule has 1 atom stereocenters. The molecule has 0 amide bonds. The fourth-order valence-electron chi connectivity index (χ4n) is 1.49. The van der Waals surface area contributed by atoms with Crippen LogP contribution in [0.3, 0.4) is 0 Å². The van der Waals surface area contributed by atoms with E-state index in [0.29, 0.717) is 6.42 Å². The van der Waals surface area contributed by atoms with Crippen LogP contribution < -0.4 is 0 Å². The molecule has 0 spiro atoms. The summed E-state index contributed by atoms with van der Waals surface area (Å²) in [5.74, 6) is 0.253. The Bertz CT molecular complexity index is 190. The quantitative estimate of drug-likeness (QED) is 0.624. The first-order valence-electron chi connectivity index (χ1n) is 4.99. The Labute approximate surface area is 80.0 Å². The van der Waals surface area contributed by atoms with Crippen LogP contribution in [0.25, 0.3) is 0 Å². The van der Waals surface area contributed by atoms with Crippen molar-refractivity contribution in [3.05, 3.63) is 12.2 Å². The number of ether oxygens (including phenoxy) is 1. The van der Waals surface area contributed by atoms with Crippen LogP contribution in [0.15, 0.2) is 12.2 Å². The van der Waals surface area contributed by atoms with E-state index < -0.39 is 0 Å². The second-order valence-electron chi connectivity index (χ2n) is 3.78. The van der Waals surface area contributed by atoms with Crippen LogP contribution >= 0.6 is 0 Å². The van der Waals surface area contributed by atoms with Crippen molar-refractivity contribution in [2.24, 2.45) is 0 Å². The lowest BCUT2D eigenvalue weighted by atomic mass is 10.0. The molecule has 1 saturated heterocycles. The SMILES string of the molecule is C=C(C)CCC(=O)C1CCCCO1. The molecule has 0 aromatic rings. The van der Waals surface area contributed by atoms with E-state index in [1.807, 2.05) is 6.92 Å². The smallest absolute Gasteiger partial charge is 0.161 e. The summed E-state index contributed by atoms with van der Waals surface area (Å²) in [4.78, 5) is 11.5. The summed E-state index contributed by atoms with van der Waals surface area (Å²) in [7, 11) is 0. The van der Waals surface area contributed by atoms with Crippen LogP contribution in [0.2, 0.25) is 0 Å². The molecule has 1 rings (SSSR count). The van der Waals surface area contributed by atoms with Gasteiger partial charge >= 0.3 is 0 Å². The number of Topliss-reactive ketones (excluding diaryl/α,β-unsaturated/α-hetero) is 1. The Hall–Kier alpha value is -0.630. The first kappa shape index (κ1) is 10.5. The Morgan fingerprint density at radius 3 is 2.77 bits per heavy atom. The van der Waals surface area contributed by atoms with Gasteiger partial charge < -0.3 is 4.74 Å². The molecule has 1 fully saturated rings. The zero-order valence-electron chi connectivity index (χ0n) is 8.34. The van der Waals surface area contributed by atoms with Crippen molar-refractivity contribution in [1.82, 2.24) is 0 Å². The molecule has 1 aliphatic rings. The van der Waals surface area contributed by atoms with E-state index in [0.717, 1.165) is 37.9 Å². The molecule has 0 saturated carbocycles. The molecule has 2 nitrogen and oxygen atoms in total. The molecule has 13 heavy (non-hydrogen) atoms. The molecule has 1 aliphatic heterocycles. The molecule has 1 heterocycles. The van der Waals surface area contributed by atoms with Gasteiger partial charge in [0.05, 0.1) is 0 Å². The van der Waals surface area contributed by atoms with Gasteiger partial charge in [-0.05, 0) is 32.6 Å². The second kappa shape index (κ2) is 5.18. The largest absolute Gasteiger partial charge is 0.370 e. The van der Waals surface area contributed by atoms with Gasteiger partial charge in [0.15, 0.2) is 5.78 Å². The normalized spacial score (nSPS) is 22.7. The highest BCUT2D eigenvalue weighted by molar-refractivity contribution is 5.83. The number of ketones is 1. The van der Waals surface area contributed by atoms with Crippen molar-refractivity contribution in [1.29, 1.82) is 0 Å². The second-order valence-corrected chi connectivity index (χ2v) is 3.78. The third-order valence-corrected chi connectivity index (χ3v) is 2.34. The molecule has 74 valence electrons. The minimum atomic E-state index is -0.118. The Kier molecular flexibility index (Phi) is 4.16. The number of allylic oxidation sites excluding steroid dienone is 1. The summed E-state index contributed by atoms with van der Waals surface area (Å²) in [5, 5.41) is 0. The first-order chi connectivity index (χ1) is 6.20. The molecule has 0 aliphatic carbocycles. The zero-order valence-corrected chi connectivity index (χ0v) is 8.34. The van der Waals surface area contributed by atoms with Crippen molar-refractivity contribution >= 4 is 5.78 Å². The molecule has 1 unspecified atom stereocenters. The van der Waals surface area contributed by atoms with Crippen LogP contribution in [0, 0.1) is 0 Å². The fraction of sp³-hybridized carbons (Fsp3) is 0.727. The van der Waals surface area contributed by atoms with Gasteiger partial charge in [-0.2, -0.15) is 0 Å². The summed E-state index contributed by atoms with van der Waals surface area (Å²) in [6, 6.07) is 0. The maximum Gasteiger partial charge on any atom is 0.161 e. The molecule has 0 aromatic carbocycles. The molecule has 0 bridgehead atoms. The monoisotopic (exact) mass is 182 g/mol. The van der Waals surface area contributed by atoms with Crippen LogP contribution in [0.4, 0.5) is 0 Å². The molecular weight excluding hydrogens is 164 g/mol. The number of rotatable bonds is 4. The number of carbonyl (C=O) groups excluding carboxylic acids is 1. The number of hydrogen-bond acceptors (Lipinski definition) is 2. The lowest BCUT2D eigenvalue weighted by Crippen LogP contribution is -2.27. The van der Waals surface area contributed by atoms with Crippen molar-refractivity contribution in [2.75, 3.05) is 6.61 Å². The summed E-state index contributed by atoms with van der Waals surface area (Å²) >= 11 is 0. The fourth-order valence-corrected chi connectivity index (χ4v) is 1.49. The third-order valence-electron chi connectivity index (χ3n) is 2.34. The number of hydrogen-bond donors (Lipinski definition) is 0. The summed E-state index contributed by atoms with van der Waals surface area (Å²) in [5.41, 5.74) is 1.07. The molecule has 0 N–H and O–H groups in total. The zero-order chi connectivity index (χ0) is 9.68. The third kappa shape index (κ3) is 3.73. The van der Waals surface area contributed by atoms with E-state index >= 15 is 0 Å². The summed E-state index contributed by atoms with van der Waals surface area (Å²) in [6.45, 7) is 6.49. The highest BCUT2D eigenvalue weighted by atomic mass is 16.5. The van der Waals surface area contributed by atoms with Gasteiger partial charge in [0.25, 0.3) is 0 Å². The molecule has 0 aromatic heterocycles. The van der Waals surface area contributed by atoms with Gasteiger partial charge in [0.2, 0.25) is 0 Å². The van der Waals surface area contributed by atoms with Gasteiger partial charge in [-0.15, -0.1) is 6.58 Å². The van der Waals surface area contributed by atoms with Crippen molar-refractivity contribution < 1.29 is 9.53 Å². The predicted molar refractivity (Wildman–Crippen MR) is 52.6 cm³/mol.